The maximum Gasteiger partial charge on any atom is 0.163 e. The van der Waals surface area contributed by atoms with Gasteiger partial charge in [0.1, 0.15) is 0 Å². The lowest BCUT2D eigenvalue weighted by atomic mass is 9.93. The summed E-state index contributed by atoms with van der Waals surface area (Å²) >= 11 is 0. The van der Waals surface area contributed by atoms with E-state index in [0.29, 0.717) is 17.5 Å². The third-order valence-corrected chi connectivity index (χ3v) is 13.9. The summed E-state index contributed by atoms with van der Waals surface area (Å²) in [5, 5.41) is 5.89. The van der Waals surface area contributed by atoms with Crippen LogP contribution in [0.4, 0.5) is 0 Å². The predicted octanol–water partition coefficient (Wildman–Crippen LogP) is 6.42. The Balaban J connectivity index is 0.00000323. The molecule has 1 heterocycles. The topological polar surface area (TPSA) is 18.5 Å². The lowest BCUT2D eigenvalue weighted by Gasteiger charge is -2.34. The number of fused-ring (bicyclic) bond motifs is 1. The zero-order valence-corrected chi connectivity index (χ0v) is 25.3. The van der Waals surface area contributed by atoms with Gasteiger partial charge in [0.05, 0.1) is 12.7 Å². The minimum Gasteiger partial charge on any atom is -0.351 e. The molecule has 0 unspecified atom stereocenters. The second-order valence-electron chi connectivity index (χ2n) is 11.1. The first kappa shape index (κ1) is 29.2. The van der Waals surface area contributed by atoms with Gasteiger partial charge in [-0.15, -0.1) is 0 Å². The molecule has 5 heteroatoms. The van der Waals surface area contributed by atoms with Gasteiger partial charge in [0.15, 0.2) is 5.79 Å². The van der Waals surface area contributed by atoms with Crippen molar-refractivity contribution in [2.75, 3.05) is 12.8 Å². The summed E-state index contributed by atoms with van der Waals surface area (Å²) in [6, 6.07) is 45.0. The van der Waals surface area contributed by atoms with Gasteiger partial charge in [0, 0.05) is 8.41 Å². The monoisotopic (exact) mass is 563 g/mol. The van der Waals surface area contributed by atoms with Crippen LogP contribution in [-0.4, -0.2) is 38.7 Å². The van der Waals surface area contributed by atoms with Crippen LogP contribution in [0.3, 0.4) is 0 Å². The molecule has 6 rings (SSSR count). The number of hydrogen-bond acceptors (Lipinski definition) is 2. The van der Waals surface area contributed by atoms with Crippen molar-refractivity contribution in [2.24, 2.45) is 11.8 Å². The van der Waals surface area contributed by atoms with Crippen LogP contribution in [0.1, 0.15) is 26.7 Å². The standard InChI is InChI=1S/C35H38O2P2.B/c1-35(2)36-24-23-31-32(26-38(27-15-7-3-8-16-27)28-17-9-4-10-18-28)34(25-33(31)37-35)39(29-19-11-5-12-20-29)30-21-13-6-14-22-30;/h3-22,31-34H,23-26H2,1-2H3;/t31-,32-,33+,34+;/m1./s1. The molecule has 0 N–H and O–H groups in total. The highest BCUT2D eigenvalue weighted by molar-refractivity contribution is 7.74. The average Bonchev–Trinajstić information content (AvgIpc) is 3.19. The fraction of sp³-hybridized carbons (Fsp3) is 0.314. The van der Waals surface area contributed by atoms with Crippen molar-refractivity contribution >= 4 is 45.5 Å². The van der Waals surface area contributed by atoms with Crippen molar-refractivity contribution in [2.45, 2.75) is 44.2 Å². The number of benzene rings is 4. The summed E-state index contributed by atoms with van der Waals surface area (Å²) in [7, 11) is -1.05. The van der Waals surface area contributed by atoms with E-state index in [9.17, 15) is 0 Å². The Morgan fingerprint density at radius 2 is 1.12 bits per heavy atom. The molecule has 4 aromatic carbocycles. The van der Waals surface area contributed by atoms with Gasteiger partial charge in [0.25, 0.3) is 0 Å². The first-order chi connectivity index (χ1) is 19.1. The summed E-state index contributed by atoms with van der Waals surface area (Å²) in [5.74, 6) is 0.502. The van der Waals surface area contributed by atoms with Crippen LogP contribution in [0, 0.1) is 11.8 Å². The summed E-state index contributed by atoms with van der Waals surface area (Å²) < 4.78 is 13.0. The van der Waals surface area contributed by atoms with Crippen molar-refractivity contribution in [3.8, 4) is 0 Å². The quantitative estimate of drug-likeness (QED) is 0.191. The largest absolute Gasteiger partial charge is 0.351 e. The Morgan fingerprint density at radius 3 is 1.60 bits per heavy atom. The minimum atomic E-state index is -0.547. The van der Waals surface area contributed by atoms with E-state index in [0.717, 1.165) is 19.4 Å². The van der Waals surface area contributed by atoms with Gasteiger partial charge >= 0.3 is 0 Å². The van der Waals surface area contributed by atoms with Gasteiger partial charge in [-0.1, -0.05) is 121 Å². The fourth-order valence-corrected chi connectivity index (χ4v) is 12.6. The molecule has 0 amide bonds. The Hall–Kier alpha value is -2.28. The molecule has 1 saturated carbocycles. The normalized spacial score (nSPS) is 23.8. The van der Waals surface area contributed by atoms with E-state index in [1.54, 1.807) is 0 Å². The first-order valence-electron chi connectivity index (χ1n) is 14.2. The van der Waals surface area contributed by atoms with Gasteiger partial charge in [0.2, 0.25) is 0 Å². The SMILES string of the molecule is CC1(C)OCC[C@@H]2[C@@H](CP(c3ccccc3)c3ccccc3)[C@@H](P(c3ccccc3)c3ccccc3)C[C@@H]2O1.[B]. The number of hydrogen-bond donors (Lipinski definition) is 0. The molecule has 2 fully saturated rings. The third-order valence-electron chi connectivity index (χ3n) is 8.26. The van der Waals surface area contributed by atoms with Crippen LogP contribution in [-0.2, 0) is 9.47 Å². The lowest BCUT2D eigenvalue weighted by Crippen LogP contribution is -2.32. The molecule has 4 atom stereocenters. The molecule has 40 heavy (non-hydrogen) atoms. The van der Waals surface area contributed by atoms with Crippen LogP contribution in [0.2, 0.25) is 0 Å². The molecule has 4 aromatic rings. The Morgan fingerprint density at radius 1 is 0.675 bits per heavy atom. The first-order valence-corrected chi connectivity index (χ1v) is 17.1. The molecule has 2 aliphatic rings. The zero-order valence-electron chi connectivity index (χ0n) is 23.5. The van der Waals surface area contributed by atoms with Crippen molar-refractivity contribution in [1.82, 2.24) is 0 Å². The second kappa shape index (κ2) is 13.1. The molecule has 203 valence electrons. The van der Waals surface area contributed by atoms with Gasteiger partial charge in [-0.25, -0.2) is 0 Å². The van der Waals surface area contributed by atoms with Gasteiger partial charge < -0.3 is 9.47 Å². The van der Waals surface area contributed by atoms with E-state index in [1.807, 2.05) is 0 Å². The molecular formula is C35H38BO2P2. The van der Waals surface area contributed by atoms with E-state index in [2.05, 4.69) is 135 Å². The number of rotatable bonds is 7. The average molecular weight is 563 g/mol. The molecule has 3 radical (unpaired) electrons. The smallest absolute Gasteiger partial charge is 0.163 e. The third kappa shape index (κ3) is 6.45. The van der Waals surface area contributed by atoms with Crippen LogP contribution >= 0.6 is 15.8 Å². The van der Waals surface area contributed by atoms with Gasteiger partial charge in [-0.05, 0) is 87.4 Å². The maximum absolute atomic E-state index is 6.79. The van der Waals surface area contributed by atoms with E-state index >= 15 is 0 Å². The van der Waals surface area contributed by atoms with E-state index in [-0.39, 0.29) is 14.5 Å². The van der Waals surface area contributed by atoms with E-state index < -0.39 is 21.6 Å². The summed E-state index contributed by atoms with van der Waals surface area (Å²) in [4.78, 5) is 0. The highest BCUT2D eigenvalue weighted by Crippen LogP contribution is 2.57. The van der Waals surface area contributed by atoms with Crippen LogP contribution in [0.5, 0.6) is 0 Å². The van der Waals surface area contributed by atoms with Crippen LogP contribution in [0.15, 0.2) is 121 Å². The highest BCUT2D eigenvalue weighted by Gasteiger charge is 2.50. The van der Waals surface area contributed by atoms with E-state index in [4.69, 9.17) is 9.47 Å². The highest BCUT2D eigenvalue weighted by atomic mass is 31.1. The molecule has 1 aliphatic heterocycles. The fourth-order valence-electron chi connectivity index (χ4n) is 6.57. The summed E-state index contributed by atoms with van der Waals surface area (Å²) in [5.41, 5.74) is 0.547. The Bertz CT molecular complexity index is 1240. The summed E-state index contributed by atoms with van der Waals surface area (Å²) in [6.07, 6.45) is 3.55. The van der Waals surface area contributed by atoms with Crippen molar-refractivity contribution in [1.29, 1.82) is 0 Å². The predicted molar refractivity (Wildman–Crippen MR) is 174 cm³/mol. The molecule has 2 nitrogen and oxygen atoms in total. The zero-order chi connectivity index (χ0) is 26.7. The summed E-state index contributed by atoms with van der Waals surface area (Å²) in [6.45, 7) is 4.95. The molecule has 0 bridgehead atoms. The molecule has 0 aromatic heterocycles. The second-order valence-corrected chi connectivity index (χ2v) is 15.8. The molecule has 1 saturated heterocycles. The van der Waals surface area contributed by atoms with Crippen molar-refractivity contribution < 1.29 is 9.47 Å². The van der Waals surface area contributed by atoms with Gasteiger partial charge in [-0.2, -0.15) is 0 Å². The Kier molecular flexibility index (Phi) is 9.60. The lowest BCUT2D eigenvalue weighted by molar-refractivity contribution is -0.224. The minimum absolute atomic E-state index is 0. The van der Waals surface area contributed by atoms with Gasteiger partial charge in [-0.3, -0.25) is 0 Å². The van der Waals surface area contributed by atoms with E-state index in [1.165, 1.54) is 27.4 Å². The molecule has 0 spiro atoms. The number of ether oxygens (including phenoxy) is 2. The van der Waals surface area contributed by atoms with Crippen molar-refractivity contribution in [3.63, 3.8) is 0 Å². The van der Waals surface area contributed by atoms with Crippen LogP contribution < -0.4 is 21.2 Å². The van der Waals surface area contributed by atoms with Crippen molar-refractivity contribution in [3.05, 3.63) is 121 Å². The molecule has 1 aliphatic carbocycles. The van der Waals surface area contributed by atoms with Crippen LogP contribution in [0.25, 0.3) is 0 Å². The molecular weight excluding hydrogens is 525 g/mol. The Labute approximate surface area is 244 Å². The maximum atomic E-state index is 6.79.